The summed E-state index contributed by atoms with van der Waals surface area (Å²) in [5, 5.41) is 26.1. The molecule has 3 aromatic rings. The van der Waals surface area contributed by atoms with Crippen molar-refractivity contribution in [3.63, 3.8) is 0 Å². The smallest absolute Gasteiger partial charge is 0.322 e. The van der Waals surface area contributed by atoms with Crippen LogP contribution in [0, 0.1) is 17.3 Å². The number of benzene rings is 2. The Hall–Kier alpha value is -3.90. The number of aliphatic hydroxyl groups is 2. The number of rotatable bonds is 6. The third-order valence-electron chi connectivity index (χ3n) is 15.6. The zero-order valence-corrected chi connectivity index (χ0v) is 34.0. The number of piperidine rings is 1. The van der Waals surface area contributed by atoms with Crippen LogP contribution in [0.4, 0.5) is 5.69 Å². The van der Waals surface area contributed by atoms with Crippen molar-refractivity contribution >= 4 is 28.5 Å². The molecular weight excluding hydrogens is 709 g/mol. The first-order chi connectivity index (χ1) is 26.8. The normalized spacial score (nSPS) is 38.4. The molecule has 0 radical (unpaired) electrons. The van der Waals surface area contributed by atoms with Gasteiger partial charge < -0.3 is 34.3 Å². The number of ether oxygens (including phenoxy) is 3. The first kappa shape index (κ1) is 37.7. The van der Waals surface area contributed by atoms with Crippen molar-refractivity contribution in [2.45, 2.75) is 101 Å². The monoisotopic (exact) mass is 766 g/mol. The van der Waals surface area contributed by atoms with Gasteiger partial charge in [-0.1, -0.05) is 51.1 Å². The average molecular weight is 767 g/mol. The maximum atomic E-state index is 15.3. The number of para-hydroxylation sites is 1. The lowest BCUT2D eigenvalue weighted by Gasteiger charge is -2.64. The van der Waals surface area contributed by atoms with E-state index in [1.54, 1.807) is 7.11 Å². The van der Waals surface area contributed by atoms with Crippen LogP contribution in [0.1, 0.15) is 82.2 Å². The van der Waals surface area contributed by atoms with Gasteiger partial charge in [-0.2, -0.15) is 0 Å². The van der Waals surface area contributed by atoms with Crippen molar-refractivity contribution in [2.75, 3.05) is 58.9 Å². The lowest BCUT2D eigenvalue weighted by Crippen LogP contribution is -2.76. The molecule has 56 heavy (non-hydrogen) atoms. The summed E-state index contributed by atoms with van der Waals surface area (Å²) in [5.41, 5.74) is 2.05. The topological polar surface area (TPSA) is 128 Å². The quantitative estimate of drug-likeness (QED) is 0.179. The number of nitrogens with one attached hydrogen (secondary N) is 1. The SMILES string of the molecule is CC[C@]1(O)CC2CN(CCc3c([nH]c4ccccc34)[C@](C(=O)OC)(c3cc4c(cc3OC)N(C)C3C45CCN4CC=C[C@](CC)(C45)[C@@H](C)[C@]3(O)OC(C)=O)C2)C1. The van der Waals surface area contributed by atoms with Gasteiger partial charge in [0, 0.05) is 96.9 Å². The summed E-state index contributed by atoms with van der Waals surface area (Å²) < 4.78 is 18.5. The largest absolute Gasteiger partial charge is 0.496 e. The van der Waals surface area contributed by atoms with Crippen LogP contribution in [0.5, 0.6) is 5.75 Å². The van der Waals surface area contributed by atoms with Gasteiger partial charge in [-0.15, -0.1) is 0 Å². The molecular formula is C45H58N4O7. The summed E-state index contributed by atoms with van der Waals surface area (Å²) in [4.78, 5) is 39.1. The summed E-state index contributed by atoms with van der Waals surface area (Å²) in [5.74, 6) is -2.64. The maximum Gasteiger partial charge on any atom is 0.322 e. The van der Waals surface area contributed by atoms with E-state index in [0.29, 0.717) is 43.5 Å². The molecule has 1 aliphatic carbocycles. The molecule has 2 saturated heterocycles. The van der Waals surface area contributed by atoms with Crippen LogP contribution in [0.25, 0.3) is 10.9 Å². The van der Waals surface area contributed by atoms with Crippen LogP contribution in [0.15, 0.2) is 48.6 Å². The minimum Gasteiger partial charge on any atom is -0.496 e. The lowest BCUT2D eigenvalue weighted by atomic mass is 9.47. The van der Waals surface area contributed by atoms with Gasteiger partial charge in [-0.25, -0.2) is 0 Å². The molecule has 11 heteroatoms. The number of fused-ring (bicyclic) bond motifs is 6. The number of hydrogen-bond acceptors (Lipinski definition) is 10. The van der Waals surface area contributed by atoms with Crippen LogP contribution in [0.2, 0.25) is 0 Å². The van der Waals surface area contributed by atoms with Gasteiger partial charge in [0.25, 0.3) is 0 Å². The van der Waals surface area contributed by atoms with E-state index in [0.717, 1.165) is 72.4 Å². The van der Waals surface area contributed by atoms with E-state index in [2.05, 4.69) is 57.0 Å². The van der Waals surface area contributed by atoms with Gasteiger partial charge >= 0.3 is 11.9 Å². The van der Waals surface area contributed by atoms with E-state index >= 15 is 4.79 Å². The van der Waals surface area contributed by atoms with Crippen molar-refractivity contribution < 1.29 is 34.0 Å². The number of nitrogens with zero attached hydrogens (tertiary/aromatic N) is 3. The zero-order valence-electron chi connectivity index (χ0n) is 34.0. The van der Waals surface area contributed by atoms with Gasteiger partial charge in [0.2, 0.25) is 5.79 Å². The summed E-state index contributed by atoms with van der Waals surface area (Å²) in [6.07, 6.45) is 8.24. The molecule has 5 aliphatic heterocycles. The van der Waals surface area contributed by atoms with Crippen molar-refractivity contribution in [1.29, 1.82) is 0 Å². The van der Waals surface area contributed by atoms with Gasteiger partial charge in [0.15, 0.2) is 0 Å². The van der Waals surface area contributed by atoms with E-state index in [9.17, 15) is 15.0 Å². The number of anilines is 1. The highest BCUT2D eigenvalue weighted by Crippen LogP contribution is 2.69. The first-order valence-electron chi connectivity index (χ1n) is 20.7. The number of esters is 2. The Morgan fingerprint density at radius 1 is 1.02 bits per heavy atom. The molecule has 6 heterocycles. The summed E-state index contributed by atoms with van der Waals surface area (Å²) in [6, 6.07) is 11.9. The van der Waals surface area contributed by atoms with Crippen LogP contribution in [0.3, 0.4) is 0 Å². The van der Waals surface area contributed by atoms with Crippen LogP contribution < -0.4 is 9.64 Å². The predicted octanol–water partition coefficient (Wildman–Crippen LogP) is 5.04. The average Bonchev–Trinajstić information content (AvgIpc) is 3.84. The van der Waals surface area contributed by atoms with Gasteiger partial charge in [0.05, 0.1) is 19.8 Å². The first-order valence-corrected chi connectivity index (χ1v) is 20.7. The molecule has 1 spiro atoms. The Balaban J connectivity index is 1.36. The second-order valence-electron chi connectivity index (χ2n) is 18.0. The zero-order chi connectivity index (χ0) is 39.6. The third-order valence-corrected chi connectivity index (χ3v) is 15.6. The molecule has 1 aromatic heterocycles. The molecule has 5 unspecified atom stereocenters. The fourth-order valence-corrected chi connectivity index (χ4v) is 13.4. The van der Waals surface area contributed by atoms with E-state index in [1.165, 1.54) is 14.0 Å². The molecule has 10 atom stereocenters. The summed E-state index contributed by atoms with van der Waals surface area (Å²) in [7, 11) is 5.11. The minimum absolute atomic E-state index is 0.00418. The highest BCUT2D eigenvalue weighted by molar-refractivity contribution is 5.94. The molecule has 300 valence electrons. The molecule has 6 aliphatic rings. The van der Waals surface area contributed by atoms with Crippen molar-refractivity contribution in [1.82, 2.24) is 14.8 Å². The van der Waals surface area contributed by atoms with E-state index < -0.39 is 45.6 Å². The van der Waals surface area contributed by atoms with E-state index in [4.69, 9.17) is 14.2 Å². The fraction of sp³-hybridized carbons (Fsp3) is 0.600. The standard InChI is InChI=1S/C45H58N4O7/c1-8-41(52)23-29-24-44(40(51)55-7,37-31(15-19-48(25-29)26-41)30-13-10-11-14-34(30)46-37)33-21-32-35(22-36(33)54-6)47(5)39-43(32)17-20-49-18-12-16-42(9-2,38(43)49)27(3)45(39,53)56-28(4)50/h10-14,16,21-22,27,29,38-39,46,52-53H,8-9,15,17-20,23-26H2,1-7H3/t27-,29?,38?,39?,41+,42+,43?,44-,45+/m1/s1. The fourth-order valence-electron chi connectivity index (χ4n) is 13.4. The number of aromatic amines is 1. The maximum absolute atomic E-state index is 15.3. The molecule has 3 fully saturated rings. The number of carbonyl (C=O) groups excluding carboxylic acids is 2. The van der Waals surface area contributed by atoms with Gasteiger partial charge in [0.1, 0.15) is 17.2 Å². The van der Waals surface area contributed by atoms with Crippen LogP contribution in [-0.2, 0) is 36.3 Å². The lowest BCUT2D eigenvalue weighted by molar-refractivity contribution is -0.283. The molecule has 3 N–H and O–H groups in total. The number of methoxy groups -OCH3 is 2. The predicted molar refractivity (Wildman–Crippen MR) is 214 cm³/mol. The minimum atomic E-state index is -1.82. The van der Waals surface area contributed by atoms with Crippen LogP contribution >= 0.6 is 0 Å². The van der Waals surface area contributed by atoms with Gasteiger partial charge in [-0.3, -0.25) is 19.4 Å². The Bertz CT molecular complexity index is 2130. The third kappa shape index (κ3) is 4.77. The molecule has 0 amide bonds. The second kappa shape index (κ2) is 12.8. The van der Waals surface area contributed by atoms with E-state index in [-0.39, 0.29) is 17.9 Å². The molecule has 2 bridgehead atoms. The molecule has 1 saturated carbocycles. The van der Waals surface area contributed by atoms with E-state index in [1.807, 2.05) is 39.1 Å². The Morgan fingerprint density at radius 2 is 1.80 bits per heavy atom. The molecule has 2 aromatic carbocycles. The van der Waals surface area contributed by atoms with Gasteiger partial charge in [-0.05, 0) is 74.2 Å². The summed E-state index contributed by atoms with van der Waals surface area (Å²) >= 11 is 0. The molecule has 9 rings (SSSR count). The highest BCUT2D eigenvalue weighted by Gasteiger charge is 2.77. The number of carbonyl (C=O) groups is 2. The van der Waals surface area contributed by atoms with Crippen molar-refractivity contribution in [3.8, 4) is 5.75 Å². The Kier molecular flexibility index (Phi) is 8.61. The molecule has 11 nitrogen and oxygen atoms in total. The highest BCUT2D eigenvalue weighted by atomic mass is 16.7. The second-order valence-corrected chi connectivity index (χ2v) is 18.0. The number of aromatic nitrogens is 1. The Labute approximate surface area is 329 Å². The number of H-pyrrole nitrogens is 1. The Morgan fingerprint density at radius 3 is 2.52 bits per heavy atom. The van der Waals surface area contributed by atoms with Crippen molar-refractivity contribution in [3.05, 3.63) is 70.9 Å². The number of likely N-dealkylation sites (N-methyl/N-ethyl adjacent to an activating group) is 1. The van der Waals surface area contributed by atoms with Crippen molar-refractivity contribution in [2.24, 2.45) is 17.3 Å². The van der Waals surface area contributed by atoms with Crippen LogP contribution in [-0.4, -0.2) is 114 Å². The summed E-state index contributed by atoms with van der Waals surface area (Å²) in [6.45, 7) is 11.3. The number of hydrogen-bond donors (Lipinski definition) is 3.